The summed E-state index contributed by atoms with van der Waals surface area (Å²) in [4.78, 5) is 2.47. The molecule has 2 fully saturated rings. The Morgan fingerprint density at radius 3 is 2.39 bits per heavy atom. The standard InChI is InChI=1S/C20H30FNO/c1-19(2,3)17-6-4-16(5-7-17)15-22-11-9-20(10-12-22)14-18(21)8-13-23-20/h4-7,18H,8-15H2,1-3H3. The number of alkyl halides is 1. The van der Waals surface area contributed by atoms with Crippen molar-refractivity contribution in [2.45, 2.75) is 70.2 Å². The van der Waals surface area contributed by atoms with Crippen molar-refractivity contribution in [2.75, 3.05) is 19.7 Å². The molecule has 2 aliphatic heterocycles. The fourth-order valence-electron chi connectivity index (χ4n) is 3.80. The van der Waals surface area contributed by atoms with Gasteiger partial charge in [0.1, 0.15) is 6.17 Å². The Hall–Kier alpha value is -0.930. The van der Waals surface area contributed by atoms with E-state index in [9.17, 15) is 4.39 Å². The van der Waals surface area contributed by atoms with Gasteiger partial charge in [0, 0.05) is 32.5 Å². The van der Waals surface area contributed by atoms with Crippen LogP contribution in [0, 0.1) is 0 Å². The third kappa shape index (κ3) is 4.13. The number of halogens is 1. The van der Waals surface area contributed by atoms with Gasteiger partial charge in [-0.15, -0.1) is 0 Å². The Balaban J connectivity index is 1.54. The molecule has 2 aliphatic rings. The first-order chi connectivity index (χ1) is 10.9. The van der Waals surface area contributed by atoms with Crippen molar-refractivity contribution < 1.29 is 9.13 Å². The van der Waals surface area contributed by atoms with Gasteiger partial charge in [0.2, 0.25) is 0 Å². The molecule has 2 saturated heterocycles. The van der Waals surface area contributed by atoms with E-state index in [0.29, 0.717) is 19.4 Å². The third-order valence-corrected chi connectivity index (χ3v) is 5.43. The first kappa shape index (κ1) is 16.9. The minimum Gasteiger partial charge on any atom is -0.375 e. The van der Waals surface area contributed by atoms with E-state index in [0.717, 1.165) is 32.5 Å². The largest absolute Gasteiger partial charge is 0.375 e. The molecule has 128 valence electrons. The second kappa shape index (κ2) is 6.52. The van der Waals surface area contributed by atoms with Gasteiger partial charge in [0.05, 0.1) is 12.2 Å². The fraction of sp³-hybridized carbons (Fsp3) is 0.700. The zero-order valence-corrected chi connectivity index (χ0v) is 14.8. The average molecular weight is 319 g/mol. The molecule has 1 unspecified atom stereocenters. The van der Waals surface area contributed by atoms with Gasteiger partial charge in [0.15, 0.2) is 0 Å². The fourth-order valence-corrected chi connectivity index (χ4v) is 3.80. The van der Waals surface area contributed by atoms with Crippen molar-refractivity contribution >= 4 is 0 Å². The summed E-state index contributed by atoms with van der Waals surface area (Å²) in [5.41, 5.74) is 2.77. The molecule has 1 spiro atoms. The summed E-state index contributed by atoms with van der Waals surface area (Å²) in [6.45, 7) is 10.3. The van der Waals surface area contributed by atoms with Gasteiger partial charge in [-0.25, -0.2) is 4.39 Å². The molecule has 0 amide bonds. The lowest BCUT2D eigenvalue weighted by Crippen LogP contribution is -2.49. The number of nitrogens with zero attached hydrogens (tertiary/aromatic N) is 1. The van der Waals surface area contributed by atoms with E-state index in [1.165, 1.54) is 11.1 Å². The Labute approximate surface area is 140 Å². The van der Waals surface area contributed by atoms with E-state index in [2.05, 4.69) is 49.9 Å². The van der Waals surface area contributed by atoms with Crippen LogP contribution in [0.15, 0.2) is 24.3 Å². The molecule has 1 aromatic rings. The molecule has 0 bridgehead atoms. The second-order valence-corrected chi connectivity index (χ2v) is 8.34. The highest BCUT2D eigenvalue weighted by molar-refractivity contribution is 5.27. The number of likely N-dealkylation sites (tertiary alicyclic amines) is 1. The highest BCUT2D eigenvalue weighted by Gasteiger charge is 2.40. The lowest BCUT2D eigenvalue weighted by molar-refractivity contribution is -0.131. The Morgan fingerprint density at radius 2 is 1.83 bits per heavy atom. The molecular formula is C20H30FNO. The topological polar surface area (TPSA) is 12.5 Å². The smallest absolute Gasteiger partial charge is 0.105 e. The molecule has 0 saturated carbocycles. The second-order valence-electron chi connectivity index (χ2n) is 8.34. The number of hydrogen-bond acceptors (Lipinski definition) is 2. The lowest BCUT2D eigenvalue weighted by atomic mass is 9.83. The molecule has 2 heterocycles. The van der Waals surface area contributed by atoms with Crippen LogP contribution in [0.1, 0.15) is 57.6 Å². The SMILES string of the molecule is CC(C)(C)c1ccc(CN2CCC3(CC2)CC(F)CCO3)cc1. The summed E-state index contributed by atoms with van der Waals surface area (Å²) in [5, 5.41) is 0. The lowest BCUT2D eigenvalue weighted by Gasteiger charge is -2.44. The zero-order valence-electron chi connectivity index (χ0n) is 14.8. The van der Waals surface area contributed by atoms with E-state index in [4.69, 9.17) is 4.74 Å². The summed E-state index contributed by atoms with van der Waals surface area (Å²) in [6, 6.07) is 9.00. The minimum absolute atomic E-state index is 0.176. The van der Waals surface area contributed by atoms with Crippen LogP contribution in [0.5, 0.6) is 0 Å². The van der Waals surface area contributed by atoms with Crippen molar-refractivity contribution in [1.29, 1.82) is 0 Å². The Kier molecular flexibility index (Phi) is 4.80. The maximum Gasteiger partial charge on any atom is 0.105 e. The summed E-state index contributed by atoms with van der Waals surface area (Å²) < 4.78 is 19.7. The van der Waals surface area contributed by atoms with Crippen molar-refractivity contribution in [2.24, 2.45) is 0 Å². The quantitative estimate of drug-likeness (QED) is 0.797. The van der Waals surface area contributed by atoms with Crippen LogP contribution in [0.4, 0.5) is 4.39 Å². The van der Waals surface area contributed by atoms with Crippen molar-refractivity contribution in [3.05, 3.63) is 35.4 Å². The van der Waals surface area contributed by atoms with Gasteiger partial charge < -0.3 is 4.74 Å². The molecule has 3 rings (SSSR count). The van der Waals surface area contributed by atoms with Crippen LogP contribution in [-0.2, 0) is 16.7 Å². The molecule has 3 heteroatoms. The van der Waals surface area contributed by atoms with Crippen LogP contribution in [-0.4, -0.2) is 36.4 Å². The van der Waals surface area contributed by atoms with E-state index in [1.807, 2.05) is 0 Å². The monoisotopic (exact) mass is 319 g/mol. The van der Waals surface area contributed by atoms with Crippen molar-refractivity contribution in [3.63, 3.8) is 0 Å². The summed E-state index contributed by atoms with van der Waals surface area (Å²) in [7, 11) is 0. The van der Waals surface area contributed by atoms with Gasteiger partial charge >= 0.3 is 0 Å². The first-order valence-corrected chi connectivity index (χ1v) is 8.96. The zero-order chi connectivity index (χ0) is 16.5. The molecule has 1 aromatic carbocycles. The number of piperidine rings is 1. The predicted octanol–water partition coefficient (Wildman–Crippen LogP) is 4.47. The van der Waals surface area contributed by atoms with E-state index in [-0.39, 0.29) is 11.0 Å². The number of hydrogen-bond donors (Lipinski definition) is 0. The molecule has 0 radical (unpaired) electrons. The minimum atomic E-state index is -0.666. The molecule has 0 aromatic heterocycles. The Morgan fingerprint density at radius 1 is 1.17 bits per heavy atom. The van der Waals surface area contributed by atoms with E-state index < -0.39 is 6.17 Å². The molecule has 1 atom stereocenters. The molecule has 23 heavy (non-hydrogen) atoms. The van der Waals surface area contributed by atoms with Gasteiger partial charge in [-0.05, 0) is 29.4 Å². The molecule has 0 N–H and O–H groups in total. The average Bonchev–Trinajstić information content (AvgIpc) is 2.49. The highest BCUT2D eigenvalue weighted by Crippen LogP contribution is 2.36. The van der Waals surface area contributed by atoms with Gasteiger partial charge in [-0.3, -0.25) is 4.90 Å². The van der Waals surface area contributed by atoms with Crippen LogP contribution >= 0.6 is 0 Å². The van der Waals surface area contributed by atoms with Crippen LogP contribution in [0.2, 0.25) is 0 Å². The van der Waals surface area contributed by atoms with Gasteiger partial charge in [-0.2, -0.15) is 0 Å². The molecular weight excluding hydrogens is 289 g/mol. The Bertz CT molecular complexity index is 511. The van der Waals surface area contributed by atoms with E-state index >= 15 is 0 Å². The van der Waals surface area contributed by atoms with Gasteiger partial charge in [0.25, 0.3) is 0 Å². The maximum atomic E-state index is 13.7. The summed E-state index contributed by atoms with van der Waals surface area (Å²) >= 11 is 0. The maximum absolute atomic E-state index is 13.7. The van der Waals surface area contributed by atoms with Crippen LogP contribution in [0.3, 0.4) is 0 Å². The van der Waals surface area contributed by atoms with Crippen molar-refractivity contribution in [3.8, 4) is 0 Å². The van der Waals surface area contributed by atoms with Gasteiger partial charge in [-0.1, -0.05) is 45.0 Å². The molecule has 0 aliphatic carbocycles. The summed E-state index contributed by atoms with van der Waals surface area (Å²) in [5.74, 6) is 0. The first-order valence-electron chi connectivity index (χ1n) is 8.96. The summed E-state index contributed by atoms with van der Waals surface area (Å²) in [6.07, 6.45) is 2.44. The predicted molar refractivity (Wildman–Crippen MR) is 92.5 cm³/mol. The van der Waals surface area contributed by atoms with Crippen LogP contribution < -0.4 is 0 Å². The number of benzene rings is 1. The van der Waals surface area contributed by atoms with Crippen molar-refractivity contribution in [1.82, 2.24) is 4.90 Å². The number of rotatable bonds is 2. The highest BCUT2D eigenvalue weighted by atomic mass is 19.1. The number of ether oxygens (including phenoxy) is 1. The molecule has 2 nitrogen and oxygen atoms in total. The van der Waals surface area contributed by atoms with E-state index in [1.54, 1.807) is 0 Å². The normalized spacial score (nSPS) is 25.7. The third-order valence-electron chi connectivity index (χ3n) is 5.43. The van der Waals surface area contributed by atoms with Crippen LogP contribution in [0.25, 0.3) is 0 Å².